The summed E-state index contributed by atoms with van der Waals surface area (Å²) in [7, 11) is 0. The van der Waals surface area contributed by atoms with Crippen molar-refractivity contribution in [1.29, 1.82) is 0 Å². The third-order valence-electron chi connectivity index (χ3n) is 3.17. The average Bonchev–Trinajstić information content (AvgIpc) is 3.20. The van der Waals surface area contributed by atoms with Crippen LogP contribution in [-0.4, -0.2) is 28.6 Å². The highest BCUT2D eigenvalue weighted by Crippen LogP contribution is 2.15. The second-order valence-corrected chi connectivity index (χ2v) is 4.68. The van der Waals surface area contributed by atoms with Gasteiger partial charge in [-0.1, -0.05) is 12.1 Å². The molecule has 0 aliphatic rings. The summed E-state index contributed by atoms with van der Waals surface area (Å²) >= 11 is 0. The Morgan fingerprint density at radius 1 is 1.18 bits per heavy atom. The molecule has 22 heavy (non-hydrogen) atoms. The molecule has 0 saturated heterocycles. The van der Waals surface area contributed by atoms with Gasteiger partial charge in [-0.25, -0.2) is 0 Å². The first-order valence-electron chi connectivity index (χ1n) is 6.73. The van der Waals surface area contributed by atoms with E-state index in [1.807, 2.05) is 6.07 Å². The van der Waals surface area contributed by atoms with E-state index in [0.717, 1.165) is 5.39 Å². The molecule has 0 spiro atoms. The molecule has 7 heteroatoms. The number of furan rings is 1. The third kappa shape index (κ3) is 2.98. The number of carbonyl (C=O) groups is 2. The van der Waals surface area contributed by atoms with Crippen LogP contribution in [0.15, 0.2) is 47.2 Å². The topological polar surface area (TPSA) is 100 Å². The van der Waals surface area contributed by atoms with Gasteiger partial charge in [0.05, 0.1) is 36.6 Å². The van der Waals surface area contributed by atoms with Crippen molar-refractivity contribution in [3.8, 4) is 0 Å². The molecular weight excluding hydrogens is 284 g/mol. The molecule has 3 rings (SSSR count). The summed E-state index contributed by atoms with van der Waals surface area (Å²) in [6.07, 6.45) is 3.18. The van der Waals surface area contributed by atoms with Crippen molar-refractivity contribution < 1.29 is 14.0 Å². The molecule has 0 aliphatic carbocycles. The Morgan fingerprint density at radius 3 is 2.91 bits per heavy atom. The zero-order valence-electron chi connectivity index (χ0n) is 11.6. The first-order chi connectivity index (χ1) is 10.7. The monoisotopic (exact) mass is 298 g/mol. The minimum atomic E-state index is -0.331. The van der Waals surface area contributed by atoms with Gasteiger partial charge in [0, 0.05) is 5.39 Å². The minimum Gasteiger partial charge on any atom is -0.467 e. The van der Waals surface area contributed by atoms with Crippen molar-refractivity contribution in [2.45, 2.75) is 6.54 Å². The van der Waals surface area contributed by atoms with Crippen LogP contribution >= 0.6 is 0 Å². The summed E-state index contributed by atoms with van der Waals surface area (Å²) in [5, 5.41) is 12.8. The van der Waals surface area contributed by atoms with Crippen molar-refractivity contribution in [2.75, 3.05) is 6.54 Å². The number of hydrogen-bond acceptors (Lipinski definition) is 4. The molecular formula is C15H14N4O3. The molecule has 112 valence electrons. The van der Waals surface area contributed by atoms with Crippen LogP contribution in [0.4, 0.5) is 0 Å². The molecule has 0 fully saturated rings. The second-order valence-electron chi connectivity index (χ2n) is 4.68. The van der Waals surface area contributed by atoms with E-state index in [9.17, 15) is 9.59 Å². The lowest BCUT2D eigenvalue weighted by Crippen LogP contribution is -2.36. The first kappa shape index (κ1) is 13.9. The highest BCUT2D eigenvalue weighted by atomic mass is 16.3. The number of amides is 2. The maximum atomic E-state index is 12.1. The van der Waals surface area contributed by atoms with E-state index in [0.29, 0.717) is 16.8 Å². The van der Waals surface area contributed by atoms with Crippen LogP contribution in [0.2, 0.25) is 0 Å². The van der Waals surface area contributed by atoms with Crippen molar-refractivity contribution in [3.05, 3.63) is 54.1 Å². The molecule has 3 aromatic rings. The minimum absolute atomic E-state index is 0.107. The van der Waals surface area contributed by atoms with Crippen LogP contribution < -0.4 is 10.6 Å². The van der Waals surface area contributed by atoms with Gasteiger partial charge in [0.1, 0.15) is 5.76 Å². The number of rotatable bonds is 5. The Bertz CT molecular complexity index is 792. The van der Waals surface area contributed by atoms with Crippen molar-refractivity contribution in [2.24, 2.45) is 0 Å². The Hall–Kier alpha value is -3.09. The van der Waals surface area contributed by atoms with Crippen molar-refractivity contribution >= 4 is 22.7 Å². The van der Waals surface area contributed by atoms with Crippen LogP contribution in [0.3, 0.4) is 0 Å². The standard InChI is InChI=1S/C15H14N4O3/c20-13(16-8-11-4-2-6-22-11)9-17-15(21)12-5-1-3-10-7-18-19-14(10)12/h1-7H,8-9H2,(H,16,20)(H,17,21)(H,18,19). The second kappa shape index (κ2) is 6.13. The fraction of sp³-hybridized carbons (Fsp3) is 0.133. The quantitative estimate of drug-likeness (QED) is 0.659. The Labute approximate surface area is 125 Å². The molecule has 7 nitrogen and oxygen atoms in total. The fourth-order valence-electron chi connectivity index (χ4n) is 2.08. The van der Waals surface area contributed by atoms with Crippen LogP contribution in [-0.2, 0) is 11.3 Å². The van der Waals surface area contributed by atoms with E-state index in [1.54, 1.807) is 30.5 Å². The number of hydrogen-bond donors (Lipinski definition) is 3. The Morgan fingerprint density at radius 2 is 2.09 bits per heavy atom. The van der Waals surface area contributed by atoms with Gasteiger partial charge in [-0.15, -0.1) is 0 Å². The number of nitrogens with one attached hydrogen (secondary N) is 3. The summed E-state index contributed by atoms with van der Waals surface area (Å²) in [4.78, 5) is 23.8. The number of nitrogens with zero attached hydrogens (tertiary/aromatic N) is 1. The Balaban J connectivity index is 1.56. The van der Waals surface area contributed by atoms with Gasteiger partial charge in [0.15, 0.2) is 0 Å². The van der Waals surface area contributed by atoms with Gasteiger partial charge < -0.3 is 15.1 Å². The zero-order valence-corrected chi connectivity index (χ0v) is 11.6. The van der Waals surface area contributed by atoms with Gasteiger partial charge in [-0.2, -0.15) is 5.10 Å². The van der Waals surface area contributed by atoms with Crippen LogP contribution in [0.1, 0.15) is 16.1 Å². The molecule has 3 N–H and O–H groups in total. The maximum Gasteiger partial charge on any atom is 0.253 e. The highest BCUT2D eigenvalue weighted by Gasteiger charge is 2.12. The maximum absolute atomic E-state index is 12.1. The van der Waals surface area contributed by atoms with E-state index in [2.05, 4.69) is 20.8 Å². The van der Waals surface area contributed by atoms with Crippen LogP contribution in [0.5, 0.6) is 0 Å². The van der Waals surface area contributed by atoms with E-state index >= 15 is 0 Å². The summed E-state index contributed by atoms with van der Waals surface area (Å²) in [6, 6.07) is 8.80. The molecule has 0 radical (unpaired) electrons. The highest BCUT2D eigenvalue weighted by molar-refractivity contribution is 6.06. The van der Waals surface area contributed by atoms with Crippen molar-refractivity contribution in [1.82, 2.24) is 20.8 Å². The fourth-order valence-corrected chi connectivity index (χ4v) is 2.08. The first-order valence-corrected chi connectivity index (χ1v) is 6.73. The molecule has 1 aromatic carbocycles. The summed E-state index contributed by atoms with van der Waals surface area (Å²) in [6.45, 7) is 0.182. The molecule has 0 atom stereocenters. The summed E-state index contributed by atoms with van der Waals surface area (Å²) in [5.41, 5.74) is 1.10. The largest absolute Gasteiger partial charge is 0.467 e. The molecule has 0 bridgehead atoms. The molecule has 0 aliphatic heterocycles. The van der Waals surface area contributed by atoms with Crippen LogP contribution in [0.25, 0.3) is 10.9 Å². The van der Waals surface area contributed by atoms with Crippen molar-refractivity contribution in [3.63, 3.8) is 0 Å². The SMILES string of the molecule is O=C(CNC(=O)c1cccc2cn[nH]c12)NCc1ccco1. The molecule has 2 amide bonds. The van der Waals surface area contributed by atoms with E-state index < -0.39 is 0 Å². The molecule has 0 unspecified atom stereocenters. The number of benzene rings is 1. The summed E-state index contributed by atoms with van der Waals surface area (Å²) < 4.78 is 5.10. The molecule has 2 aromatic heterocycles. The number of aromatic amines is 1. The lowest BCUT2D eigenvalue weighted by Gasteiger charge is -2.06. The van der Waals surface area contributed by atoms with Gasteiger partial charge in [0.25, 0.3) is 5.91 Å². The molecule has 2 heterocycles. The Kier molecular flexibility index (Phi) is 3.86. The lowest BCUT2D eigenvalue weighted by atomic mass is 10.1. The van der Waals surface area contributed by atoms with E-state index in [1.165, 1.54) is 6.26 Å². The number of aromatic nitrogens is 2. The predicted molar refractivity (Wildman–Crippen MR) is 79.0 cm³/mol. The zero-order chi connectivity index (χ0) is 15.4. The van der Waals surface area contributed by atoms with Gasteiger partial charge >= 0.3 is 0 Å². The van der Waals surface area contributed by atoms with Gasteiger partial charge in [-0.3, -0.25) is 14.7 Å². The van der Waals surface area contributed by atoms with Crippen LogP contribution in [0, 0.1) is 0 Å². The smallest absolute Gasteiger partial charge is 0.253 e. The number of H-pyrrole nitrogens is 1. The lowest BCUT2D eigenvalue weighted by molar-refractivity contribution is -0.120. The van der Waals surface area contributed by atoms with E-state index in [-0.39, 0.29) is 24.9 Å². The number of para-hydroxylation sites is 1. The van der Waals surface area contributed by atoms with Gasteiger partial charge in [0.2, 0.25) is 5.91 Å². The normalized spacial score (nSPS) is 10.5. The van der Waals surface area contributed by atoms with E-state index in [4.69, 9.17) is 4.42 Å². The van der Waals surface area contributed by atoms with Gasteiger partial charge in [-0.05, 0) is 18.2 Å². The predicted octanol–water partition coefficient (Wildman–Crippen LogP) is 1.20. The average molecular weight is 298 g/mol. The third-order valence-corrected chi connectivity index (χ3v) is 3.17. The number of fused-ring (bicyclic) bond motifs is 1. The number of carbonyl (C=O) groups excluding carboxylic acids is 2. The molecule has 0 saturated carbocycles. The summed E-state index contributed by atoms with van der Waals surface area (Å²) in [5.74, 6) is 0.0337.